The molecule has 0 saturated heterocycles. The van der Waals surface area contributed by atoms with E-state index in [1.54, 1.807) is 6.92 Å². The van der Waals surface area contributed by atoms with Gasteiger partial charge in [-0.2, -0.15) is 4.68 Å². The molecule has 0 radical (unpaired) electrons. The number of halogens is 2. The van der Waals surface area contributed by atoms with Gasteiger partial charge in [-0.05, 0) is 63.6 Å². The molecule has 8 nitrogen and oxygen atoms in total. The molecule has 10 heteroatoms. The van der Waals surface area contributed by atoms with Crippen LogP contribution in [0, 0.1) is 12.7 Å². The first kappa shape index (κ1) is 18.8. The number of anilines is 1. The Bertz CT molecular complexity index is 983. The smallest absolute Gasteiger partial charge is 0.256 e. The first-order valence-electron chi connectivity index (χ1n) is 7.72. The lowest BCUT2D eigenvalue weighted by Gasteiger charge is -2.13. The van der Waals surface area contributed by atoms with Gasteiger partial charge >= 0.3 is 0 Å². The van der Waals surface area contributed by atoms with E-state index in [0.29, 0.717) is 27.5 Å². The number of ether oxygens (including phenoxy) is 2. The van der Waals surface area contributed by atoms with Crippen molar-refractivity contribution in [2.45, 2.75) is 6.92 Å². The van der Waals surface area contributed by atoms with Crippen LogP contribution in [0.1, 0.15) is 16.2 Å². The van der Waals surface area contributed by atoms with Crippen molar-refractivity contribution in [3.8, 4) is 17.2 Å². The number of rotatable bonds is 5. The van der Waals surface area contributed by atoms with Gasteiger partial charge in [0.1, 0.15) is 21.8 Å². The van der Waals surface area contributed by atoms with Gasteiger partial charge in [-0.1, -0.05) is 0 Å². The second-order valence-electron chi connectivity index (χ2n) is 5.45. The molecule has 1 amide bonds. The predicted molar refractivity (Wildman–Crippen MR) is 99.0 cm³/mol. The SMILES string of the molecule is COc1cc(C(=O)Nc2cc(-n3nnnc3C)ccc2F)cc(OC)c1Br. The van der Waals surface area contributed by atoms with Crippen molar-refractivity contribution < 1.29 is 18.7 Å². The zero-order valence-corrected chi connectivity index (χ0v) is 16.2. The molecule has 27 heavy (non-hydrogen) atoms. The fraction of sp³-hybridized carbons (Fsp3) is 0.176. The van der Waals surface area contributed by atoms with Gasteiger partial charge < -0.3 is 14.8 Å². The first-order chi connectivity index (χ1) is 12.9. The fourth-order valence-electron chi connectivity index (χ4n) is 2.41. The summed E-state index contributed by atoms with van der Waals surface area (Å²) in [5, 5.41) is 13.7. The number of aryl methyl sites for hydroxylation is 1. The van der Waals surface area contributed by atoms with E-state index in [0.717, 1.165) is 0 Å². The summed E-state index contributed by atoms with van der Waals surface area (Å²) in [5.41, 5.74) is 0.753. The molecule has 1 heterocycles. The van der Waals surface area contributed by atoms with Crippen molar-refractivity contribution in [1.82, 2.24) is 20.2 Å². The minimum Gasteiger partial charge on any atom is -0.495 e. The molecular formula is C17H15BrFN5O3. The van der Waals surface area contributed by atoms with E-state index >= 15 is 0 Å². The lowest BCUT2D eigenvalue weighted by molar-refractivity contribution is 0.102. The van der Waals surface area contributed by atoms with Gasteiger partial charge in [0.15, 0.2) is 5.82 Å². The number of hydrogen-bond acceptors (Lipinski definition) is 6. The van der Waals surface area contributed by atoms with Gasteiger partial charge in [-0.15, -0.1) is 5.10 Å². The highest BCUT2D eigenvalue weighted by atomic mass is 79.9. The zero-order chi connectivity index (χ0) is 19.6. The molecule has 0 aliphatic carbocycles. The molecule has 140 valence electrons. The Kier molecular flexibility index (Phi) is 5.36. The molecule has 0 spiro atoms. The summed E-state index contributed by atoms with van der Waals surface area (Å²) in [7, 11) is 2.94. The molecule has 0 aliphatic rings. The number of benzene rings is 2. The van der Waals surface area contributed by atoms with Crippen molar-refractivity contribution in [2.24, 2.45) is 0 Å². The molecule has 2 aromatic carbocycles. The van der Waals surface area contributed by atoms with Gasteiger partial charge in [0.2, 0.25) is 0 Å². The van der Waals surface area contributed by atoms with E-state index < -0.39 is 11.7 Å². The number of methoxy groups -OCH3 is 2. The lowest BCUT2D eigenvalue weighted by Crippen LogP contribution is -2.14. The van der Waals surface area contributed by atoms with E-state index in [9.17, 15) is 9.18 Å². The minimum atomic E-state index is -0.589. The van der Waals surface area contributed by atoms with Crippen LogP contribution >= 0.6 is 15.9 Å². The maximum absolute atomic E-state index is 14.2. The van der Waals surface area contributed by atoms with Crippen molar-refractivity contribution >= 4 is 27.5 Å². The van der Waals surface area contributed by atoms with Crippen molar-refractivity contribution in [3.05, 3.63) is 52.0 Å². The van der Waals surface area contributed by atoms with Gasteiger partial charge in [-0.3, -0.25) is 4.79 Å². The van der Waals surface area contributed by atoms with E-state index in [4.69, 9.17) is 9.47 Å². The third-order valence-electron chi connectivity index (χ3n) is 3.78. The van der Waals surface area contributed by atoms with Crippen LogP contribution in [-0.4, -0.2) is 40.3 Å². The number of carbonyl (C=O) groups is 1. The van der Waals surface area contributed by atoms with Crippen molar-refractivity contribution in [3.63, 3.8) is 0 Å². The number of tetrazole rings is 1. The number of carbonyl (C=O) groups excluding carboxylic acids is 1. The second-order valence-corrected chi connectivity index (χ2v) is 6.24. The number of hydrogen-bond donors (Lipinski definition) is 1. The normalized spacial score (nSPS) is 10.6. The highest BCUT2D eigenvalue weighted by Crippen LogP contribution is 2.35. The molecule has 0 fully saturated rings. The van der Waals surface area contributed by atoms with Crippen LogP contribution in [0.5, 0.6) is 11.5 Å². The van der Waals surface area contributed by atoms with Crippen LogP contribution in [0.25, 0.3) is 5.69 Å². The molecule has 1 aromatic heterocycles. The standard InChI is InChI=1S/C17H15BrFN5O3/c1-9-21-22-23-24(9)11-4-5-12(19)13(8-11)20-17(25)10-6-14(26-2)16(18)15(7-10)27-3/h4-8H,1-3H3,(H,20,25). The lowest BCUT2D eigenvalue weighted by atomic mass is 10.1. The Morgan fingerprint density at radius 1 is 1.19 bits per heavy atom. The predicted octanol–water partition coefficient (Wildman–Crippen LogP) is 3.14. The van der Waals surface area contributed by atoms with Crippen LogP contribution < -0.4 is 14.8 Å². The highest BCUT2D eigenvalue weighted by molar-refractivity contribution is 9.10. The summed E-state index contributed by atoms with van der Waals surface area (Å²) in [6, 6.07) is 7.24. The minimum absolute atomic E-state index is 0.00625. The Balaban J connectivity index is 1.94. The average Bonchev–Trinajstić information content (AvgIpc) is 3.09. The van der Waals surface area contributed by atoms with Crippen LogP contribution in [0.3, 0.4) is 0 Å². The molecule has 1 N–H and O–H groups in total. The summed E-state index contributed by atoms with van der Waals surface area (Å²) in [6.45, 7) is 1.71. The van der Waals surface area contributed by atoms with Crippen LogP contribution in [-0.2, 0) is 0 Å². The third kappa shape index (κ3) is 3.75. The van der Waals surface area contributed by atoms with Crippen molar-refractivity contribution in [2.75, 3.05) is 19.5 Å². The third-order valence-corrected chi connectivity index (χ3v) is 4.56. The Morgan fingerprint density at radius 3 is 2.41 bits per heavy atom. The molecule has 3 aromatic rings. The Morgan fingerprint density at radius 2 is 1.85 bits per heavy atom. The molecule has 0 saturated carbocycles. The highest BCUT2D eigenvalue weighted by Gasteiger charge is 2.17. The Hall–Kier alpha value is -3.01. The summed E-state index contributed by atoms with van der Waals surface area (Å²) in [6.07, 6.45) is 0. The van der Waals surface area contributed by atoms with Gasteiger partial charge in [-0.25, -0.2) is 4.39 Å². The van der Waals surface area contributed by atoms with Crippen molar-refractivity contribution in [1.29, 1.82) is 0 Å². The maximum Gasteiger partial charge on any atom is 0.256 e. The molecule has 0 aliphatic heterocycles. The molecule has 0 bridgehead atoms. The molecule has 0 unspecified atom stereocenters. The second kappa shape index (κ2) is 7.70. The Labute approximate surface area is 162 Å². The molecule has 3 rings (SSSR count). The average molecular weight is 436 g/mol. The van der Waals surface area contributed by atoms with Gasteiger partial charge in [0.25, 0.3) is 5.91 Å². The van der Waals surface area contributed by atoms with Crippen LogP contribution in [0.2, 0.25) is 0 Å². The van der Waals surface area contributed by atoms with Gasteiger partial charge in [0.05, 0.1) is 25.6 Å². The topological polar surface area (TPSA) is 91.2 Å². The summed E-state index contributed by atoms with van der Waals surface area (Å²) >= 11 is 3.34. The monoisotopic (exact) mass is 435 g/mol. The van der Waals surface area contributed by atoms with E-state index in [2.05, 4.69) is 36.8 Å². The molecular weight excluding hydrogens is 421 g/mol. The molecule has 0 atom stereocenters. The summed E-state index contributed by atoms with van der Waals surface area (Å²) in [5.74, 6) is 0.245. The fourth-order valence-corrected chi connectivity index (χ4v) is 2.96. The van der Waals surface area contributed by atoms with Crippen LogP contribution in [0.15, 0.2) is 34.8 Å². The number of nitrogens with zero attached hydrogens (tertiary/aromatic N) is 4. The van der Waals surface area contributed by atoms with E-state index in [1.807, 2.05) is 0 Å². The number of aromatic nitrogens is 4. The van der Waals surface area contributed by atoms with E-state index in [-0.39, 0.29) is 11.3 Å². The number of nitrogens with one attached hydrogen (secondary N) is 1. The first-order valence-corrected chi connectivity index (χ1v) is 8.51. The van der Waals surface area contributed by atoms with Gasteiger partial charge in [0, 0.05) is 5.56 Å². The van der Waals surface area contributed by atoms with Crippen LogP contribution in [0.4, 0.5) is 10.1 Å². The van der Waals surface area contributed by atoms with E-state index in [1.165, 1.54) is 49.2 Å². The quantitative estimate of drug-likeness (QED) is 0.661. The largest absolute Gasteiger partial charge is 0.495 e. The summed E-state index contributed by atoms with van der Waals surface area (Å²) in [4.78, 5) is 12.6. The maximum atomic E-state index is 14.2. The number of amides is 1. The summed E-state index contributed by atoms with van der Waals surface area (Å²) < 4.78 is 26.7. The zero-order valence-electron chi connectivity index (χ0n) is 14.7.